The molecule has 1 saturated heterocycles. The van der Waals surface area contributed by atoms with Gasteiger partial charge in [-0.15, -0.1) is 0 Å². The van der Waals surface area contributed by atoms with Gasteiger partial charge >= 0.3 is 0 Å². The van der Waals surface area contributed by atoms with Crippen molar-refractivity contribution in [3.8, 4) is 0 Å². The first-order valence-electron chi connectivity index (χ1n) is 16.3. The third-order valence-electron chi connectivity index (χ3n) is 9.23. The second-order valence-corrected chi connectivity index (χ2v) is 15.6. The van der Waals surface area contributed by atoms with E-state index >= 15 is 0 Å². The van der Waals surface area contributed by atoms with Gasteiger partial charge in [0, 0.05) is 39.6 Å². The molecule has 3 heterocycles. The zero-order valence-electron chi connectivity index (χ0n) is 26.3. The highest BCUT2D eigenvalue weighted by molar-refractivity contribution is 14.1. The maximum Gasteiger partial charge on any atom is 0.0587 e. The molecule has 1 fully saturated rings. The number of alkyl halides is 1. The molecule has 5 nitrogen and oxygen atoms in total. The zero-order valence-corrected chi connectivity index (χ0v) is 28.5. The van der Waals surface area contributed by atoms with E-state index < -0.39 is 0 Å². The Kier molecular flexibility index (Phi) is 12.8. The van der Waals surface area contributed by atoms with Crippen LogP contribution in [0.3, 0.4) is 0 Å². The minimum absolute atomic E-state index is 0.0958. The molecule has 4 aliphatic rings. The molecule has 228 valence electrons. The molecule has 4 rings (SSSR count). The van der Waals surface area contributed by atoms with E-state index in [-0.39, 0.29) is 3.42 Å². The summed E-state index contributed by atoms with van der Waals surface area (Å²) in [6, 6.07) is 0.927. The van der Waals surface area contributed by atoms with Gasteiger partial charge in [-0.2, -0.15) is 0 Å². The molecule has 4 unspecified atom stereocenters. The highest BCUT2D eigenvalue weighted by Gasteiger charge is 2.38. The Morgan fingerprint density at radius 2 is 1.98 bits per heavy atom. The summed E-state index contributed by atoms with van der Waals surface area (Å²) in [6.45, 7) is 11.1. The molecule has 0 bridgehead atoms. The Hall–Kier alpha value is -1.19. The van der Waals surface area contributed by atoms with Crippen molar-refractivity contribution >= 4 is 22.6 Å². The van der Waals surface area contributed by atoms with Gasteiger partial charge in [0.05, 0.1) is 6.67 Å². The highest BCUT2D eigenvalue weighted by Crippen LogP contribution is 2.43. The fraction of sp³-hybridized carbons (Fsp3) is 0.657. The lowest BCUT2D eigenvalue weighted by Crippen LogP contribution is -2.53. The smallest absolute Gasteiger partial charge is 0.0587 e. The lowest BCUT2D eigenvalue weighted by molar-refractivity contribution is 0.209. The molecule has 0 aromatic rings. The molecule has 0 spiro atoms. The predicted molar refractivity (Wildman–Crippen MR) is 184 cm³/mol. The fourth-order valence-corrected chi connectivity index (χ4v) is 7.40. The molecular formula is C35H56IN5. The average Bonchev–Trinajstić information content (AvgIpc) is 3.37. The van der Waals surface area contributed by atoms with Crippen LogP contribution in [0.25, 0.3) is 0 Å². The summed E-state index contributed by atoms with van der Waals surface area (Å²) in [5.41, 5.74) is 12.7. The van der Waals surface area contributed by atoms with Gasteiger partial charge in [-0.25, -0.2) is 5.43 Å². The maximum atomic E-state index is 3.96. The van der Waals surface area contributed by atoms with Crippen LogP contribution in [0.1, 0.15) is 91.9 Å². The average molecular weight is 674 g/mol. The van der Waals surface area contributed by atoms with Gasteiger partial charge in [-0.1, -0.05) is 98.1 Å². The van der Waals surface area contributed by atoms with Crippen molar-refractivity contribution in [2.45, 2.75) is 107 Å². The highest BCUT2D eigenvalue weighted by atomic mass is 127. The Labute approximate surface area is 264 Å². The topological polar surface area (TPSA) is 51.4 Å². The number of nitrogens with one attached hydrogen (secondary N) is 4. The van der Waals surface area contributed by atoms with Gasteiger partial charge in [0.25, 0.3) is 0 Å². The van der Waals surface area contributed by atoms with Crippen molar-refractivity contribution in [1.29, 1.82) is 0 Å². The minimum atomic E-state index is 0.0958. The van der Waals surface area contributed by atoms with Gasteiger partial charge in [-0.05, 0) is 94.9 Å². The molecule has 1 aliphatic carbocycles. The number of hydrazine groups is 1. The molecule has 0 saturated carbocycles. The summed E-state index contributed by atoms with van der Waals surface area (Å²) >= 11 is 2.59. The van der Waals surface area contributed by atoms with E-state index in [2.05, 4.69) is 125 Å². The minimum Gasteiger partial charge on any atom is -0.317 e. The SMILES string of the molecule is CCCCCCCCC=C1/C(=C/C2CN[C@@H](C(C3C=CC3)C(C)NNCNC)C2)CC=C2C(C(C)(C)I)=CC=CN21. The molecular weight excluding hydrogens is 617 g/mol. The first-order chi connectivity index (χ1) is 19.8. The summed E-state index contributed by atoms with van der Waals surface area (Å²) in [5, 5.41) is 7.13. The maximum absolute atomic E-state index is 3.96. The van der Waals surface area contributed by atoms with Crippen molar-refractivity contribution < 1.29 is 0 Å². The molecule has 0 aromatic heterocycles. The number of fused-ring (bicyclic) bond motifs is 1. The van der Waals surface area contributed by atoms with E-state index in [0.717, 1.165) is 26.1 Å². The first-order valence-corrected chi connectivity index (χ1v) is 17.4. The van der Waals surface area contributed by atoms with E-state index in [0.29, 0.717) is 29.8 Å². The van der Waals surface area contributed by atoms with Gasteiger partial charge in [0.2, 0.25) is 0 Å². The van der Waals surface area contributed by atoms with Crippen LogP contribution in [-0.4, -0.2) is 40.7 Å². The summed E-state index contributed by atoms with van der Waals surface area (Å²) in [4.78, 5) is 2.49. The number of hydrogen-bond donors (Lipinski definition) is 4. The van der Waals surface area contributed by atoms with Gasteiger partial charge in [0.1, 0.15) is 0 Å². The first kappa shape index (κ1) is 32.7. The Morgan fingerprint density at radius 1 is 1.20 bits per heavy atom. The molecule has 0 aromatic carbocycles. The van der Waals surface area contributed by atoms with E-state index in [1.54, 1.807) is 0 Å². The van der Waals surface area contributed by atoms with E-state index in [1.165, 1.54) is 73.9 Å². The lowest BCUT2D eigenvalue weighted by Gasteiger charge is -2.39. The monoisotopic (exact) mass is 673 g/mol. The van der Waals surface area contributed by atoms with Crippen LogP contribution in [0.5, 0.6) is 0 Å². The fourth-order valence-electron chi connectivity index (χ4n) is 6.95. The number of halogens is 1. The van der Waals surface area contributed by atoms with Crippen molar-refractivity contribution in [3.63, 3.8) is 0 Å². The third kappa shape index (κ3) is 8.91. The van der Waals surface area contributed by atoms with Crippen LogP contribution in [0.2, 0.25) is 0 Å². The lowest BCUT2D eigenvalue weighted by atomic mass is 9.74. The zero-order chi connectivity index (χ0) is 29.2. The summed E-state index contributed by atoms with van der Waals surface area (Å²) in [7, 11) is 1.97. The number of unbranched alkanes of at least 4 members (excludes halogenated alkanes) is 6. The quantitative estimate of drug-likeness (QED) is 0.0339. The summed E-state index contributed by atoms with van der Waals surface area (Å²) in [6.07, 6.45) is 31.9. The molecule has 41 heavy (non-hydrogen) atoms. The largest absolute Gasteiger partial charge is 0.317 e. The van der Waals surface area contributed by atoms with Crippen LogP contribution in [0.4, 0.5) is 0 Å². The van der Waals surface area contributed by atoms with E-state index in [9.17, 15) is 0 Å². The third-order valence-corrected chi connectivity index (χ3v) is 9.81. The predicted octanol–water partition coefficient (Wildman–Crippen LogP) is 7.63. The van der Waals surface area contributed by atoms with Crippen LogP contribution in [-0.2, 0) is 0 Å². The number of allylic oxidation sites excluding steroid dienone is 8. The normalized spacial score (nSPS) is 27.6. The van der Waals surface area contributed by atoms with Crippen LogP contribution in [0, 0.1) is 17.8 Å². The van der Waals surface area contributed by atoms with E-state index in [1.807, 2.05) is 7.05 Å². The van der Waals surface area contributed by atoms with Crippen molar-refractivity contribution in [3.05, 3.63) is 71.3 Å². The van der Waals surface area contributed by atoms with Crippen LogP contribution < -0.4 is 21.5 Å². The Morgan fingerprint density at radius 3 is 2.68 bits per heavy atom. The van der Waals surface area contributed by atoms with E-state index in [4.69, 9.17) is 0 Å². The molecule has 4 N–H and O–H groups in total. The summed E-state index contributed by atoms with van der Waals surface area (Å²) < 4.78 is 0.0958. The molecule has 5 atom stereocenters. The van der Waals surface area contributed by atoms with Gasteiger partial charge in [0.15, 0.2) is 0 Å². The number of hydrogen-bond acceptors (Lipinski definition) is 5. The standard InChI is InChI=1S/C35H56IN5/c1-6-7-8-9-10-11-12-18-32-29(19-20-33-30(35(3,4)36)17-14-21-41(32)33)22-27-23-31(38-24-27)34(28-15-13-16-28)26(2)40-39-25-37-5/h13-15,17-18,20-22,26-28,31,34,37-40H,6-12,16,19,23-25H2,1-5H3/b29-22+,32-18?/t26?,27?,28?,31-,34?/m1/s1. The van der Waals surface area contributed by atoms with Crippen molar-refractivity contribution in [2.24, 2.45) is 17.8 Å². The van der Waals surface area contributed by atoms with Crippen LogP contribution >= 0.6 is 22.6 Å². The molecule has 0 amide bonds. The van der Waals surface area contributed by atoms with Gasteiger partial charge in [-0.3, -0.25) is 5.43 Å². The molecule has 3 aliphatic heterocycles. The second kappa shape index (κ2) is 16.0. The van der Waals surface area contributed by atoms with Crippen molar-refractivity contribution in [1.82, 2.24) is 26.4 Å². The number of nitrogens with zero attached hydrogens (tertiary/aromatic N) is 1. The molecule has 6 heteroatoms. The number of rotatable bonds is 16. The van der Waals surface area contributed by atoms with Gasteiger partial charge < -0.3 is 15.5 Å². The summed E-state index contributed by atoms with van der Waals surface area (Å²) in [5.74, 6) is 1.80. The van der Waals surface area contributed by atoms with Crippen LogP contribution in [0.15, 0.2) is 71.3 Å². The Balaban J connectivity index is 1.49. The Bertz CT molecular complexity index is 1030. The molecule has 0 radical (unpaired) electrons. The van der Waals surface area contributed by atoms with Crippen molar-refractivity contribution in [2.75, 3.05) is 20.3 Å². The second-order valence-electron chi connectivity index (χ2n) is 13.0.